The van der Waals surface area contributed by atoms with Gasteiger partial charge in [-0.25, -0.2) is 18.4 Å². The van der Waals surface area contributed by atoms with Crippen molar-refractivity contribution in [2.24, 2.45) is 16.2 Å². The predicted octanol–water partition coefficient (Wildman–Crippen LogP) is -1.94. The van der Waals surface area contributed by atoms with E-state index in [9.17, 15) is 22.9 Å². The summed E-state index contributed by atoms with van der Waals surface area (Å²) in [6.07, 6.45) is 0. The zero-order chi connectivity index (χ0) is 14.3. The van der Waals surface area contributed by atoms with Crippen molar-refractivity contribution in [2.45, 2.75) is 6.04 Å². The lowest BCUT2D eigenvalue weighted by Gasteiger charge is -2.17. The molecule has 104 valence electrons. The van der Waals surface area contributed by atoms with Gasteiger partial charge < -0.3 is 11.1 Å². The van der Waals surface area contributed by atoms with Gasteiger partial charge in [-0.2, -0.15) is 5.01 Å². The number of nitrogens with zero attached hydrogens (tertiary/aromatic N) is 2. The van der Waals surface area contributed by atoms with E-state index in [0.717, 1.165) is 0 Å². The van der Waals surface area contributed by atoms with E-state index in [1.165, 1.54) is 0 Å². The Bertz CT molecular complexity index is 426. The Morgan fingerprint density at radius 3 is 2.33 bits per heavy atom. The van der Waals surface area contributed by atoms with Crippen LogP contribution in [-0.2, 0) is 14.8 Å². The highest BCUT2D eigenvalue weighted by atomic mass is 35.5. The first-order valence-electron chi connectivity index (χ1n) is 4.48. The van der Waals surface area contributed by atoms with Crippen LogP contribution < -0.4 is 16.2 Å². The Hall–Kier alpha value is -1.46. The fraction of sp³-hybridized carbons (Fsp3) is 0.667. The number of primary amides is 1. The monoisotopic (exact) mass is 301 g/mol. The zero-order valence-electron chi connectivity index (χ0n) is 9.08. The van der Waals surface area contributed by atoms with Crippen LogP contribution in [0.2, 0.25) is 0 Å². The number of primary sulfonamides is 1. The number of nitrogens with two attached hydrogens (primary N) is 2. The van der Waals surface area contributed by atoms with Crippen LogP contribution >= 0.6 is 11.6 Å². The largest absolute Gasteiger partial charge is 0.368 e. The number of hydrogen-bond acceptors (Lipinski definition) is 6. The first kappa shape index (κ1) is 16.5. The number of amides is 3. The van der Waals surface area contributed by atoms with Crippen LogP contribution in [0.15, 0.2) is 5.29 Å². The minimum atomic E-state index is -4.03. The van der Waals surface area contributed by atoms with Gasteiger partial charge in [0.05, 0.1) is 17.6 Å². The van der Waals surface area contributed by atoms with Crippen LogP contribution in [-0.4, -0.2) is 49.6 Å². The van der Waals surface area contributed by atoms with Crippen LogP contribution in [0.25, 0.3) is 0 Å². The van der Waals surface area contributed by atoms with E-state index < -0.39 is 33.8 Å². The molecule has 0 saturated carbocycles. The van der Waals surface area contributed by atoms with Crippen molar-refractivity contribution in [2.75, 3.05) is 18.2 Å². The fourth-order valence-corrected chi connectivity index (χ4v) is 1.78. The smallest absolute Gasteiger partial charge is 0.341 e. The summed E-state index contributed by atoms with van der Waals surface area (Å²) in [6, 6.07) is -2.66. The van der Waals surface area contributed by atoms with Gasteiger partial charge in [0.25, 0.3) is 0 Å². The summed E-state index contributed by atoms with van der Waals surface area (Å²) in [5.41, 5.74) is 4.88. The molecule has 0 aliphatic carbocycles. The van der Waals surface area contributed by atoms with E-state index >= 15 is 0 Å². The van der Waals surface area contributed by atoms with Crippen LogP contribution in [0, 0.1) is 4.91 Å². The van der Waals surface area contributed by atoms with Crippen LogP contribution in [0.3, 0.4) is 0 Å². The molecule has 1 atom stereocenters. The van der Waals surface area contributed by atoms with Crippen molar-refractivity contribution in [3.05, 3.63) is 4.91 Å². The van der Waals surface area contributed by atoms with Crippen molar-refractivity contribution >= 4 is 33.6 Å². The van der Waals surface area contributed by atoms with E-state index in [-0.39, 0.29) is 12.4 Å². The molecule has 5 N–H and O–H groups in total. The molecule has 1 unspecified atom stereocenters. The molecular weight excluding hydrogens is 290 g/mol. The average Bonchev–Trinajstić information content (AvgIpc) is 2.22. The number of hydrogen-bond donors (Lipinski definition) is 3. The Labute approximate surface area is 108 Å². The molecule has 12 heteroatoms. The summed E-state index contributed by atoms with van der Waals surface area (Å²) >= 11 is 5.30. The number of rotatable bonds is 7. The minimum absolute atomic E-state index is 0.0738. The van der Waals surface area contributed by atoms with Crippen molar-refractivity contribution in [3.63, 3.8) is 0 Å². The Morgan fingerprint density at radius 1 is 1.44 bits per heavy atom. The highest BCUT2D eigenvalue weighted by Gasteiger charge is 2.25. The molecule has 0 aliphatic rings. The maximum atomic E-state index is 11.4. The van der Waals surface area contributed by atoms with Gasteiger partial charge >= 0.3 is 6.03 Å². The van der Waals surface area contributed by atoms with E-state index in [0.29, 0.717) is 5.01 Å². The number of carbonyl (C=O) groups is 2. The summed E-state index contributed by atoms with van der Waals surface area (Å²) in [7, 11) is -4.03. The highest BCUT2D eigenvalue weighted by Crippen LogP contribution is 1.95. The van der Waals surface area contributed by atoms with Gasteiger partial charge in [-0.15, -0.1) is 16.5 Å². The maximum absolute atomic E-state index is 11.4. The molecule has 0 aromatic heterocycles. The van der Waals surface area contributed by atoms with Crippen LogP contribution in [0.5, 0.6) is 0 Å². The lowest BCUT2D eigenvalue weighted by atomic mass is 10.3. The SMILES string of the molecule is NC(=O)C(CS(N)(=O)=O)NC(=O)N(CCCl)N=O. The molecule has 0 heterocycles. The lowest BCUT2D eigenvalue weighted by molar-refractivity contribution is -0.119. The lowest BCUT2D eigenvalue weighted by Crippen LogP contribution is -2.52. The second-order valence-corrected chi connectivity index (χ2v) is 5.16. The van der Waals surface area contributed by atoms with Gasteiger partial charge in [-0.1, -0.05) is 0 Å². The summed E-state index contributed by atoms with van der Waals surface area (Å²) in [5.74, 6) is -2.08. The molecule has 0 radical (unpaired) electrons. The zero-order valence-corrected chi connectivity index (χ0v) is 10.6. The molecule has 0 fully saturated rings. The number of alkyl halides is 1. The van der Waals surface area contributed by atoms with Crippen LogP contribution in [0.1, 0.15) is 0 Å². The number of carbonyl (C=O) groups excluding carboxylic acids is 2. The topological polar surface area (TPSA) is 165 Å². The highest BCUT2D eigenvalue weighted by molar-refractivity contribution is 7.89. The predicted molar refractivity (Wildman–Crippen MR) is 62.7 cm³/mol. The fourth-order valence-electron chi connectivity index (χ4n) is 0.910. The van der Waals surface area contributed by atoms with E-state index in [2.05, 4.69) is 5.29 Å². The summed E-state index contributed by atoms with van der Waals surface area (Å²) < 4.78 is 21.6. The number of urea groups is 1. The quantitative estimate of drug-likeness (QED) is 0.282. The normalized spacial score (nSPS) is 12.6. The van der Waals surface area contributed by atoms with Gasteiger partial charge in [0.15, 0.2) is 0 Å². The maximum Gasteiger partial charge on any atom is 0.341 e. The molecule has 0 aromatic carbocycles. The molecular formula is C6H12ClN5O5S. The number of nitroso groups, excluding NO2 is 1. The third-order valence-electron chi connectivity index (χ3n) is 1.67. The standard InChI is InChI=1S/C6H12ClN5O5S/c7-1-2-12(11-15)6(14)10-4(5(8)13)3-18(9,16)17/h4H,1-3H2,(H2,8,13)(H,10,14)(H2,9,16,17). The molecule has 0 spiro atoms. The number of halogens is 1. The van der Waals surface area contributed by atoms with Crippen molar-refractivity contribution in [1.82, 2.24) is 10.3 Å². The van der Waals surface area contributed by atoms with Gasteiger partial charge in [0.2, 0.25) is 15.9 Å². The second-order valence-electron chi connectivity index (χ2n) is 3.13. The molecule has 0 bridgehead atoms. The Kier molecular flexibility index (Phi) is 6.51. The first-order chi connectivity index (χ1) is 8.21. The summed E-state index contributed by atoms with van der Waals surface area (Å²) in [5, 5.41) is 9.34. The van der Waals surface area contributed by atoms with E-state index in [1.54, 1.807) is 0 Å². The number of nitrogens with one attached hydrogen (secondary N) is 1. The van der Waals surface area contributed by atoms with E-state index in [4.69, 9.17) is 22.5 Å². The third kappa shape index (κ3) is 6.32. The molecule has 10 nitrogen and oxygen atoms in total. The Balaban J connectivity index is 4.73. The van der Waals surface area contributed by atoms with Gasteiger partial charge in [0.1, 0.15) is 6.04 Å². The van der Waals surface area contributed by atoms with E-state index in [1.807, 2.05) is 5.32 Å². The van der Waals surface area contributed by atoms with Crippen LogP contribution in [0.4, 0.5) is 4.79 Å². The van der Waals surface area contributed by atoms with Crippen molar-refractivity contribution in [1.29, 1.82) is 0 Å². The van der Waals surface area contributed by atoms with Gasteiger partial charge in [-0.3, -0.25) is 4.79 Å². The van der Waals surface area contributed by atoms with Gasteiger partial charge in [-0.05, 0) is 0 Å². The van der Waals surface area contributed by atoms with Crippen molar-refractivity contribution in [3.8, 4) is 0 Å². The molecule has 3 amide bonds. The van der Waals surface area contributed by atoms with Crippen molar-refractivity contribution < 1.29 is 18.0 Å². The number of sulfonamides is 1. The molecule has 0 aromatic rings. The Morgan fingerprint density at radius 2 is 2.00 bits per heavy atom. The molecule has 18 heavy (non-hydrogen) atoms. The molecule has 0 rings (SSSR count). The molecule has 0 saturated heterocycles. The summed E-state index contributed by atoms with van der Waals surface area (Å²) in [6.45, 7) is -0.211. The third-order valence-corrected chi connectivity index (χ3v) is 2.64. The average molecular weight is 302 g/mol. The molecule has 0 aliphatic heterocycles. The second kappa shape index (κ2) is 7.08. The first-order valence-corrected chi connectivity index (χ1v) is 6.73. The minimum Gasteiger partial charge on any atom is -0.368 e. The van der Waals surface area contributed by atoms with Gasteiger partial charge in [0, 0.05) is 5.88 Å². The summed E-state index contributed by atoms with van der Waals surface area (Å²) in [4.78, 5) is 32.6.